The fourth-order valence-electron chi connectivity index (χ4n) is 9.61. The van der Waals surface area contributed by atoms with Crippen LogP contribution >= 0.6 is 0 Å². The predicted molar refractivity (Wildman–Crippen MR) is 278 cm³/mol. The monoisotopic (exact) mass is 904 g/mol. The summed E-state index contributed by atoms with van der Waals surface area (Å²) in [5.41, 5.74) is 0. The molecule has 1 aliphatic rings. The summed E-state index contributed by atoms with van der Waals surface area (Å²) >= 11 is 0. The van der Waals surface area contributed by atoms with Gasteiger partial charge in [-0.15, -0.1) is 0 Å². The van der Waals surface area contributed by atoms with Crippen molar-refractivity contribution in [3.8, 4) is 0 Å². The Morgan fingerprint density at radius 3 is 1.00 bits per heavy atom. The Hall–Kier alpha value is -1.18. The molecule has 0 amide bonds. The molecule has 1 saturated heterocycles. The molecule has 380 valence electrons. The molecule has 0 radical (unpaired) electrons. The average Bonchev–Trinajstić information content (AvgIpc) is 3.29. The van der Waals surface area contributed by atoms with Crippen LogP contribution in [-0.4, -0.2) is 98.3 Å². The van der Waals surface area contributed by atoms with Crippen LogP contribution < -0.4 is 0 Å². The summed E-state index contributed by atoms with van der Waals surface area (Å²) in [5.74, 6) is -0.102. The zero-order valence-electron chi connectivity index (χ0n) is 44.1. The van der Waals surface area contributed by atoms with E-state index in [1.165, 1.54) is 180 Å². The number of hydrogen-bond acceptors (Lipinski definition) is 7. The molecule has 0 aliphatic carbocycles. The second kappa shape index (κ2) is 46.9. The van der Waals surface area contributed by atoms with Crippen LogP contribution in [0.15, 0.2) is 0 Å². The Bertz CT molecular complexity index is 886. The standard InChI is InChI=1S/C57H113N3O4/c1-6-10-14-18-22-26-30-34-40-54(41-35-31-27-23-19-15-11-7-2)63-56(61)44-48-59(46-38-39-47-60-52-50-58(5)51-53-60)49-45-57(62)64-55(42-36-32-28-24-20-16-12-8-3)43-37-33-29-25-21-17-13-9-4/h54-55H,6-53H2,1-5H3. The second-order valence-electron chi connectivity index (χ2n) is 20.5. The topological polar surface area (TPSA) is 62.3 Å². The Morgan fingerprint density at radius 1 is 0.391 bits per heavy atom. The van der Waals surface area contributed by atoms with E-state index in [4.69, 9.17) is 9.47 Å². The van der Waals surface area contributed by atoms with Crippen LogP contribution in [-0.2, 0) is 19.1 Å². The summed E-state index contributed by atoms with van der Waals surface area (Å²) in [5, 5.41) is 0. The van der Waals surface area contributed by atoms with Crippen molar-refractivity contribution < 1.29 is 19.1 Å². The van der Waals surface area contributed by atoms with Gasteiger partial charge in [-0.2, -0.15) is 0 Å². The molecule has 0 spiro atoms. The maximum atomic E-state index is 13.5. The largest absolute Gasteiger partial charge is 0.462 e. The molecule has 0 aromatic carbocycles. The van der Waals surface area contributed by atoms with Gasteiger partial charge in [0.1, 0.15) is 12.2 Å². The first-order valence-electron chi connectivity index (χ1n) is 28.9. The Kier molecular flexibility index (Phi) is 44.6. The molecule has 64 heavy (non-hydrogen) atoms. The lowest BCUT2D eigenvalue weighted by molar-refractivity contribution is -0.150. The normalized spacial score (nSPS) is 13.8. The molecule has 0 unspecified atom stereocenters. The summed E-state index contributed by atoms with van der Waals surface area (Å²) in [6.45, 7) is 17.1. The lowest BCUT2D eigenvalue weighted by Gasteiger charge is -2.32. The van der Waals surface area contributed by atoms with Crippen molar-refractivity contribution >= 4 is 11.9 Å². The molecule has 0 aromatic rings. The molecule has 1 heterocycles. The van der Waals surface area contributed by atoms with E-state index < -0.39 is 0 Å². The minimum Gasteiger partial charge on any atom is -0.462 e. The number of nitrogens with zero attached hydrogens (tertiary/aromatic N) is 3. The van der Waals surface area contributed by atoms with Crippen molar-refractivity contribution in [2.45, 2.75) is 297 Å². The van der Waals surface area contributed by atoms with Crippen LogP contribution in [0.1, 0.15) is 285 Å². The molecule has 0 N–H and O–H groups in total. The van der Waals surface area contributed by atoms with Gasteiger partial charge in [-0.05, 0) is 84.3 Å². The number of carbonyl (C=O) groups is 2. The van der Waals surface area contributed by atoms with Crippen LogP contribution in [0.2, 0.25) is 0 Å². The maximum absolute atomic E-state index is 13.5. The number of esters is 2. The maximum Gasteiger partial charge on any atom is 0.307 e. The Balaban J connectivity index is 2.78. The number of unbranched alkanes of at least 4 members (excludes halogenated alkanes) is 29. The van der Waals surface area contributed by atoms with E-state index in [-0.39, 0.29) is 24.1 Å². The molecular weight excluding hydrogens is 791 g/mol. The number of ether oxygens (including phenoxy) is 2. The molecule has 7 heteroatoms. The van der Waals surface area contributed by atoms with Crippen molar-refractivity contribution in [3.05, 3.63) is 0 Å². The summed E-state index contributed by atoms with van der Waals surface area (Å²) < 4.78 is 12.6. The number of rotatable bonds is 49. The van der Waals surface area contributed by atoms with E-state index in [0.717, 1.165) is 103 Å². The van der Waals surface area contributed by atoms with Gasteiger partial charge >= 0.3 is 11.9 Å². The highest BCUT2D eigenvalue weighted by molar-refractivity contribution is 5.70. The van der Waals surface area contributed by atoms with E-state index in [1.807, 2.05) is 0 Å². The lowest BCUT2D eigenvalue weighted by atomic mass is 10.0. The van der Waals surface area contributed by atoms with Crippen molar-refractivity contribution in [2.75, 3.05) is 59.4 Å². The van der Waals surface area contributed by atoms with Gasteiger partial charge < -0.3 is 24.2 Å². The fourth-order valence-corrected chi connectivity index (χ4v) is 9.61. The van der Waals surface area contributed by atoms with Gasteiger partial charge in [0, 0.05) is 39.3 Å². The summed E-state index contributed by atoms with van der Waals surface area (Å²) in [6.07, 6.45) is 48.7. The Labute approximate surface area is 400 Å². The van der Waals surface area contributed by atoms with Gasteiger partial charge in [0.05, 0.1) is 12.8 Å². The molecule has 1 rings (SSSR count). The quantitative estimate of drug-likeness (QED) is 0.0445. The highest BCUT2D eigenvalue weighted by Crippen LogP contribution is 2.21. The van der Waals surface area contributed by atoms with Crippen molar-refractivity contribution in [1.29, 1.82) is 0 Å². The van der Waals surface area contributed by atoms with Crippen LogP contribution in [0.25, 0.3) is 0 Å². The van der Waals surface area contributed by atoms with E-state index in [0.29, 0.717) is 25.9 Å². The fraction of sp³-hybridized carbons (Fsp3) is 0.965. The SMILES string of the molecule is CCCCCCCCCCC(CCCCCCCCCC)OC(=O)CCN(CCCCN1CCN(C)CC1)CCC(=O)OC(CCCCCCCCCC)CCCCCCCCCC. The number of carbonyl (C=O) groups excluding carboxylic acids is 2. The third-order valence-electron chi connectivity index (χ3n) is 14.2. The van der Waals surface area contributed by atoms with Gasteiger partial charge in [0.2, 0.25) is 0 Å². The first-order chi connectivity index (χ1) is 31.4. The minimum atomic E-state index is -0.0510. The van der Waals surface area contributed by atoms with Crippen LogP contribution in [0.4, 0.5) is 0 Å². The average molecular weight is 905 g/mol. The molecule has 7 nitrogen and oxygen atoms in total. The molecule has 0 bridgehead atoms. The van der Waals surface area contributed by atoms with Crippen LogP contribution in [0.5, 0.6) is 0 Å². The third kappa shape index (κ3) is 39.9. The molecule has 0 atom stereocenters. The summed E-state index contributed by atoms with van der Waals surface area (Å²) in [4.78, 5) is 34.5. The summed E-state index contributed by atoms with van der Waals surface area (Å²) in [7, 11) is 2.22. The molecule has 1 aliphatic heterocycles. The minimum absolute atomic E-state index is 0.0405. The first kappa shape index (κ1) is 60.8. The highest BCUT2D eigenvalue weighted by Gasteiger charge is 2.20. The van der Waals surface area contributed by atoms with E-state index in [1.54, 1.807) is 0 Å². The van der Waals surface area contributed by atoms with Gasteiger partial charge in [-0.1, -0.05) is 207 Å². The van der Waals surface area contributed by atoms with Gasteiger partial charge in [-0.25, -0.2) is 0 Å². The van der Waals surface area contributed by atoms with Gasteiger partial charge in [0.15, 0.2) is 0 Å². The molecule has 0 saturated carbocycles. The van der Waals surface area contributed by atoms with Crippen LogP contribution in [0.3, 0.4) is 0 Å². The number of hydrogen-bond donors (Lipinski definition) is 0. The van der Waals surface area contributed by atoms with Gasteiger partial charge in [0.25, 0.3) is 0 Å². The van der Waals surface area contributed by atoms with Gasteiger partial charge in [-0.3, -0.25) is 9.59 Å². The highest BCUT2D eigenvalue weighted by atomic mass is 16.5. The van der Waals surface area contributed by atoms with Crippen LogP contribution in [0, 0.1) is 0 Å². The van der Waals surface area contributed by atoms with E-state index in [2.05, 4.69) is 49.4 Å². The van der Waals surface area contributed by atoms with E-state index >= 15 is 0 Å². The predicted octanol–water partition coefficient (Wildman–Crippen LogP) is 16.0. The smallest absolute Gasteiger partial charge is 0.307 e. The van der Waals surface area contributed by atoms with Crippen molar-refractivity contribution in [3.63, 3.8) is 0 Å². The molecule has 0 aromatic heterocycles. The second-order valence-corrected chi connectivity index (χ2v) is 20.5. The molecule has 1 fully saturated rings. The third-order valence-corrected chi connectivity index (χ3v) is 14.2. The summed E-state index contributed by atoms with van der Waals surface area (Å²) in [6, 6.07) is 0. The lowest BCUT2D eigenvalue weighted by Crippen LogP contribution is -2.44. The first-order valence-corrected chi connectivity index (χ1v) is 28.9. The van der Waals surface area contributed by atoms with Crippen molar-refractivity contribution in [2.24, 2.45) is 0 Å². The van der Waals surface area contributed by atoms with Crippen molar-refractivity contribution in [1.82, 2.24) is 14.7 Å². The number of likely N-dealkylation sites (N-methyl/N-ethyl adjacent to an activating group) is 1. The van der Waals surface area contributed by atoms with E-state index in [9.17, 15) is 9.59 Å². The molecular formula is C57H113N3O4. The Morgan fingerprint density at radius 2 is 0.688 bits per heavy atom. The zero-order chi connectivity index (χ0) is 46.4. The number of piperazine rings is 1. The zero-order valence-corrected chi connectivity index (χ0v) is 44.1.